The molecule has 5 rings (SSSR count). The van der Waals surface area contributed by atoms with Crippen LogP contribution in [0.1, 0.15) is 39.1 Å². The Labute approximate surface area is 216 Å². The Kier molecular flexibility index (Phi) is 6.91. The minimum Gasteiger partial charge on any atom is -0.493 e. The number of ether oxygens (including phenoxy) is 2. The quantitative estimate of drug-likeness (QED) is 0.309. The first-order valence-corrected chi connectivity index (χ1v) is 12.5. The normalized spacial score (nSPS) is 14.0. The molecule has 0 bridgehead atoms. The van der Waals surface area contributed by atoms with Gasteiger partial charge in [-0.3, -0.25) is 9.59 Å². The highest BCUT2D eigenvalue weighted by Gasteiger charge is 2.29. The van der Waals surface area contributed by atoms with Crippen LogP contribution in [0.5, 0.6) is 11.5 Å². The number of Topliss-reactive ketones (excluding diaryl/α,β-unsaturated/α-hetero) is 1. The molecule has 1 fully saturated rings. The van der Waals surface area contributed by atoms with E-state index >= 15 is 0 Å². The van der Waals surface area contributed by atoms with Gasteiger partial charge in [0.1, 0.15) is 0 Å². The summed E-state index contributed by atoms with van der Waals surface area (Å²) in [6.07, 6.45) is 1.31. The van der Waals surface area contributed by atoms with Crippen molar-refractivity contribution in [2.24, 2.45) is 5.92 Å². The molecule has 2 heterocycles. The molecule has 4 aromatic rings. The molecule has 188 valence electrons. The van der Waals surface area contributed by atoms with Gasteiger partial charge in [-0.15, -0.1) is 0 Å². The van der Waals surface area contributed by atoms with Gasteiger partial charge in [0.25, 0.3) is 5.91 Å². The zero-order valence-electron chi connectivity index (χ0n) is 21.4. The molecule has 0 aliphatic carbocycles. The second-order valence-electron chi connectivity index (χ2n) is 9.44. The van der Waals surface area contributed by atoms with E-state index in [4.69, 9.17) is 14.5 Å². The highest BCUT2D eigenvalue weighted by molar-refractivity contribution is 6.07. The number of amides is 1. The van der Waals surface area contributed by atoms with Crippen molar-refractivity contribution in [3.8, 4) is 22.8 Å². The molecule has 1 amide bonds. The Bertz CT molecular complexity index is 1450. The van der Waals surface area contributed by atoms with Crippen LogP contribution in [0.3, 0.4) is 0 Å². The van der Waals surface area contributed by atoms with Crippen LogP contribution in [0.2, 0.25) is 0 Å². The average Bonchev–Trinajstić information content (AvgIpc) is 2.96. The van der Waals surface area contributed by atoms with Crippen LogP contribution in [0, 0.1) is 12.8 Å². The molecule has 0 spiro atoms. The molecule has 6 heteroatoms. The molecule has 1 aromatic heterocycles. The van der Waals surface area contributed by atoms with E-state index in [9.17, 15) is 9.59 Å². The second kappa shape index (κ2) is 10.4. The molecule has 1 saturated heterocycles. The number of nitrogens with zero attached hydrogens (tertiary/aromatic N) is 2. The molecule has 0 unspecified atom stereocenters. The monoisotopic (exact) mass is 494 g/mol. The Balaban J connectivity index is 1.41. The number of ketones is 1. The summed E-state index contributed by atoms with van der Waals surface area (Å²) in [5.41, 5.74) is 4.76. The number of likely N-dealkylation sites (tertiary alicyclic amines) is 1. The number of carbonyl (C=O) groups excluding carboxylic acids is 2. The number of aromatic nitrogens is 1. The van der Waals surface area contributed by atoms with E-state index in [1.165, 1.54) is 0 Å². The lowest BCUT2D eigenvalue weighted by molar-refractivity contribution is 0.0652. The maximum Gasteiger partial charge on any atom is 0.254 e. The van der Waals surface area contributed by atoms with Gasteiger partial charge in [-0.05, 0) is 50.1 Å². The minimum atomic E-state index is -0.0664. The molecule has 0 atom stereocenters. The summed E-state index contributed by atoms with van der Waals surface area (Å²) in [6.45, 7) is 3.10. The van der Waals surface area contributed by atoms with Crippen LogP contribution in [0.15, 0.2) is 72.8 Å². The molecule has 3 aromatic carbocycles. The van der Waals surface area contributed by atoms with E-state index in [0.29, 0.717) is 48.7 Å². The van der Waals surface area contributed by atoms with Crippen LogP contribution in [-0.4, -0.2) is 48.9 Å². The fourth-order valence-electron chi connectivity index (χ4n) is 4.96. The average molecular weight is 495 g/mol. The molecule has 37 heavy (non-hydrogen) atoms. The lowest BCUT2D eigenvalue weighted by Gasteiger charge is -2.31. The first kappa shape index (κ1) is 24.5. The second-order valence-corrected chi connectivity index (χ2v) is 9.44. The van der Waals surface area contributed by atoms with Crippen molar-refractivity contribution < 1.29 is 19.1 Å². The molecule has 1 aliphatic rings. The van der Waals surface area contributed by atoms with E-state index in [0.717, 1.165) is 27.6 Å². The van der Waals surface area contributed by atoms with Crippen molar-refractivity contribution in [2.75, 3.05) is 27.3 Å². The van der Waals surface area contributed by atoms with Gasteiger partial charge in [0.05, 0.1) is 31.0 Å². The lowest BCUT2D eigenvalue weighted by Crippen LogP contribution is -2.40. The number of hydrogen-bond acceptors (Lipinski definition) is 5. The number of benzene rings is 3. The number of carbonyl (C=O) groups is 2. The van der Waals surface area contributed by atoms with E-state index < -0.39 is 0 Å². The third-order valence-electron chi connectivity index (χ3n) is 7.11. The highest BCUT2D eigenvalue weighted by atomic mass is 16.5. The molecular weight excluding hydrogens is 464 g/mol. The van der Waals surface area contributed by atoms with Gasteiger partial charge in [-0.1, -0.05) is 48.0 Å². The Morgan fingerprint density at radius 2 is 1.57 bits per heavy atom. The van der Waals surface area contributed by atoms with Crippen molar-refractivity contribution in [1.82, 2.24) is 9.88 Å². The van der Waals surface area contributed by atoms with Crippen LogP contribution in [0.25, 0.3) is 22.2 Å². The minimum absolute atomic E-state index is 0.0402. The van der Waals surface area contributed by atoms with Crippen molar-refractivity contribution in [2.45, 2.75) is 19.8 Å². The largest absolute Gasteiger partial charge is 0.493 e. The zero-order valence-corrected chi connectivity index (χ0v) is 21.4. The fraction of sp³-hybridized carbons (Fsp3) is 0.258. The van der Waals surface area contributed by atoms with E-state index in [2.05, 4.69) is 0 Å². The van der Waals surface area contributed by atoms with Gasteiger partial charge in [0.15, 0.2) is 17.3 Å². The number of rotatable bonds is 6. The van der Waals surface area contributed by atoms with Crippen LogP contribution < -0.4 is 9.47 Å². The standard InChI is InChI=1S/C31H30N2O4/c1-20-8-10-21(11-9-20)30(34)22-14-16-33(17-15-22)31(35)25-19-27(32-26-7-5-4-6-24(25)26)23-12-13-28(36-2)29(18-23)37-3/h4-13,18-19,22H,14-17H2,1-3H3. The molecule has 1 aliphatic heterocycles. The third-order valence-corrected chi connectivity index (χ3v) is 7.11. The fourth-order valence-corrected chi connectivity index (χ4v) is 4.96. The summed E-state index contributed by atoms with van der Waals surface area (Å²) < 4.78 is 10.8. The summed E-state index contributed by atoms with van der Waals surface area (Å²) in [4.78, 5) is 33.5. The van der Waals surface area contributed by atoms with Crippen molar-refractivity contribution in [3.63, 3.8) is 0 Å². The topological polar surface area (TPSA) is 68.7 Å². The van der Waals surface area contributed by atoms with Crippen LogP contribution in [-0.2, 0) is 0 Å². The predicted octanol–water partition coefficient (Wildman–Crippen LogP) is 5.96. The SMILES string of the molecule is COc1ccc(-c2cc(C(=O)N3CCC(C(=O)c4ccc(C)cc4)CC3)c3ccccc3n2)cc1OC. The number of methoxy groups -OCH3 is 2. The highest BCUT2D eigenvalue weighted by Crippen LogP contribution is 2.34. The number of aryl methyl sites for hydroxylation is 1. The molecule has 6 nitrogen and oxygen atoms in total. The van der Waals surface area contributed by atoms with Gasteiger partial charge in [-0.25, -0.2) is 4.98 Å². The smallest absolute Gasteiger partial charge is 0.254 e. The van der Waals surface area contributed by atoms with Crippen LogP contribution in [0.4, 0.5) is 0 Å². The van der Waals surface area contributed by atoms with E-state index in [1.54, 1.807) is 14.2 Å². The number of hydrogen-bond donors (Lipinski definition) is 0. The van der Waals surface area contributed by atoms with Gasteiger partial charge in [0, 0.05) is 35.5 Å². The van der Waals surface area contributed by atoms with Gasteiger partial charge >= 0.3 is 0 Å². The third kappa shape index (κ3) is 4.92. The van der Waals surface area contributed by atoms with Crippen molar-refractivity contribution in [3.05, 3.63) is 89.5 Å². The zero-order chi connectivity index (χ0) is 25.9. The summed E-state index contributed by atoms with van der Waals surface area (Å²) in [7, 11) is 3.19. The Morgan fingerprint density at radius 1 is 0.865 bits per heavy atom. The number of pyridine rings is 1. The van der Waals surface area contributed by atoms with E-state index in [1.807, 2.05) is 84.6 Å². The van der Waals surface area contributed by atoms with Gasteiger partial charge in [-0.2, -0.15) is 0 Å². The number of piperidine rings is 1. The molecule has 0 radical (unpaired) electrons. The Hall–Kier alpha value is -4.19. The molecule has 0 N–H and O–H groups in total. The first-order valence-electron chi connectivity index (χ1n) is 12.5. The summed E-state index contributed by atoms with van der Waals surface area (Å²) in [5.74, 6) is 1.29. The van der Waals surface area contributed by atoms with Crippen molar-refractivity contribution in [1.29, 1.82) is 0 Å². The summed E-state index contributed by atoms with van der Waals surface area (Å²) in [5, 5.41) is 0.814. The van der Waals surface area contributed by atoms with Gasteiger partial charge in [0.2, 0.25) is 0 Å². The maximum absolute atomic E-state index is 13.8. The van der Waals surface area contributed by atoms with Crippen molar-refractivity contribution >= 4 is 22.6 Å². The maximum atomic E-state index is 13.8. The van der Waals surface area contributed by atoms with E-state index in [-0.39, 0.29) is 17.6 Å². The van der Waals surface area contributed by atoms with Gasteiger partial charge < -0.3 is 14.4 Å². The van der Waals surface area contributed by atoms with Crippen LogP contribution >= 0.6 is 0 Å². The summed E-state index contributed by atoms with van der Waals surface area (Å²) >= 11 is 0. The first-order chi connectivity index (χ1) is 18.0. The number of fused-ring (bicyclic) bond motifs is 1. The summed E-state index contributed by atoms with van der Waals surface area (Å²) in [6, 6.07) is 22.9. The predicted molar refractivity (Wildman–Crippen MR) is 144 cm³/mol. The number of para-hydroxylation sites is 1. The molecular formula is C31H30N2O4. The Morgan fingerprint density at radius 3 is 2.27 bits per heavy atom. The lowest BCUT2D eigenvalue weighted by atomic mass is 9.88. The molecule has 0 saturated carbocycles.